The smallest absolute Gasteiger partial charge is 0.404 e. The summed E-state index contributed by atoms with van der Waals surface area (Å²) in [6.07, 6.45) is -2.38. The van der Waals surface area contributed by atoms with E-state index in [-0.39, 0.29) is 24.2 Å². The molecule has 2 rings (SSSR count). The molecule has 0 spiro atoms. The van der Waals surface area contributed by atoms with E-state index in [1.54, 1.807) is 0 Å². The average Bonchev–Trinajstić information content (AvgIpc) is 2.77. The van der Waals surface area contributed by atoms with Crippen molar-refractivity contribution in [1.29, 1.82) is 0 Å². The molecular formula is C12H13F3N2O2. The lowest BCUT2D eigenvalue weighted by Crippen LogP contribution is -2.41. The quantitative estimate of drug-likeness (QED) is 0.919. The molecule has 19 heavy (non-hydrogen) atoms. The molecule has 1 aromatic heterocycles. The molecule has 1 aromatic rings. The third-order valence-electron chi connectivity index (χ3n) is 3.21. The van der Waals surface area contributed by atoms with E-state index >= 15 is 0 Å². The van der Waals surface area contributed by atoms with Crippen LogP contribution in [0, 0.1) is 0 Å². The van der Waals surface area contributed by atoms with Crippen molar-refractivity contribution in [3.05, 3.63) is 29.6 Å². The molecule has 0 aromatic carbocycles. The van der Waals surface area contributed by atoms with Crippen molar-refractivity contribution in [2.45, 2.75) is 31.6 Å². The largest absolute Gasteiger partial charge is 0.478 e. The lowest BCUT2D eigenvalue weighted by molar-refractivity contribution is -0.177. The molecule has 0 saturated carbocycles. The molecule has 4 nitrogen and oxygen atoms in total. The molecule has 1 aliphatic rings. The molecule has 7 heteroatoms. The lowest BCUT2D eigenvalue weighted by atomic mass is 10.1. The first-order chi connectivity index (χ1) is 8.89. The Morgan fingerprint density at radius 3 is 2.89 bits per heavy atom. The SMILES string of the molecule is O=C(O)c1cccnc1CN1CCCC1C(F)(F)F. The maximum Gasteiger partial charge on any atom is 0.404 e. The minimum absolute atomic E-state index is 0.0460. The number of likely N-dealkylation sites (tertiary alicyclic amines) is 1. The van der Waals surface area contributed by atoms with Gasteiger partial charge < -0.3 is 5.11 Å². The highest BCUT2D eigenvalue weighted by molar-refractivity contribution is 5.88. The van der Waals surface area contributed by atoms with Crippen LogP contribution in [0.5, 0.6) is 0 Å². The van der Waals surface area contributed by atoms with Crippen LogP contribution in [0.4, 0.5) is 13.2 Å². The summed E-state index contributed by atoms with van der Waals surface area (Å²) in [5, 5.41) is 8.98. The van der Waals surface area contributed by atoms with E-state index in [9.17, 15) is 18.0 Å². The molecule has 0 amide bonds. The molecule has 1 fully saturated rings. The summed E-state index contributed by atoms with van der Waals surface area (Å²) in [7, 11) is 0. The summed E-state index contributed by atoms with van der Waals surface area (Å²) in [4.78, 5) is 16.1. The van der Waals surface area contributed by atoms with Crippen molar-refractivity contribution in [3.63, 3.8) is 0 Å². The van der Waals surface area contributed by atoms with Crippen LogP contribution in [0.2, 0.25) is 0 Å². The van der Waals surface area contributed by atoms with E-state index in [1.165, 1.54) is 23.2 Å². The zero-order chi connectivity index (χ0) is 14.0. The van der Waals surface area contributed by atoms with E-state index in [0.717, 1.165) is 0 Å². The molecule has 0 radical (unpaired) electrons. The van der Waals surface area contributed by atoms with Crippen LogP contribution < -0.4 is 0 Å². The first kappa shape index (κ1) is 13.8. The maximum atomic E-state index is 12.8. The monoisotopic (exact) mass is 274 g/mol. The molecule has 0 aliphatic carbocycles. The summed E-state index contributed by atoms with van der Waals surface area (Å²) < 4.78 is 38.4. The molecule has 0 bridgehead atoms. The van der Waals surface area contributed by atoms with Crippen LogP contribution in [0.25, 0.3) is 0 Å². The Labute approximate surface area is 107 Å². The van der Waals surface area contributed by atoms with Gasteiger partial charge >= 0.3 is 12.1 Å². The van der Waals surface area contributed by atoms with Crippen LogP contribution in [0.1, 0.15) is 28.9 Å². The molecule has 1 atom stereocenters. The maximum absolute atomic E-state index is 12.8. The number of hydrogen-bond donors (Lipinski definition) is 1. The van der Waals surface area contributed by atoms with Crippen molar-refractivity contribution in [2.24, 2.45) is 0 Å². The number of aromatic nitrogens is 1. The number of alkyl halides is 3. The Morgan fingerprint density at radius 2 is 2.26 bits per heavy atom. The van der Waals surface area contributed by atoms with Gasteiger partial charge in [-0.3, -0.25) is 9.88 Å². The third-order valence-corrected chi connectivity index (χ3v) is 3.21. The van der Waals surface area contributed by atoms with Gasteiger partial charge in [0.05, 0.1) is 11.3 Å². The van der Waals surface area contributed by atoms with Gasteiger partial charge in [0.15, 0.2) is 0 Å². The number of nitrogens with zero attached hydrogens (tertiary/aromatic N) is 2. The molecule has 1 unspecified atom stereocenters. The highest BCUT2D eigenvalue weighted by atomic mass is 19.4. The minimum atomic E-state index is -4.28. The number of carbonyl (C=O) groups is 1. The standard InChI is InChI=1S/C12H13F3N2O2/c13-12(14,15)10-4-2-6-17(10)7-9-8(11(18)19)3-1-5-16-9/h1,3,5,10H,2,4,6-7H2,(H,18,19). The second-order valence-electron chi connectivity index (χ2n) is 4.47. The van der Waals surface area contributed by atoms with Gasteiger partial charge in [0.1, 0.15) is 6.04 Å². The van der Waals surface area contributed by atoms with Crippen LogP contribution in [-0.4, -0.2) is 39.7 Å². The Kier molecular flexibility index (Phi) is 3.75. The van der Waals surface area contributed by atoms with Gasteiger partial charge in [-0.1, -0.05) is 0 Å². The third kappa shape index (κ3) is 3.04. The number of hydrogen-bond acceptors (Lipinski definition) is 3. The average molecular weight is 274 g/mol. The number of carboxylic acid groups (broad SMARTS) is 1. The number of halogens is 3. The normalized spacial score (nSPS) is 20.7. The summed E-state index contributed by atoms with van der Waals surface area (Å²) in [5.41, 5.74) is 0.126. The minimum Gasteiger partial charge on any atom is -0.478 e. The summed E-state index contributed by atoms with van der Waals surface area (Å²) in [6.45, 7) is 0.215. The van der Waals surface area contributed by atoms with Crippen LogP contribution in [0.3, 0.4) is 0 Å². The Morgan fingerprint density at radius 1 is 1.53 bits per heavy atom. The van der Waals surface area contributed by atoms with Gasteiger partial charge in [0.2, 0.25) is 0 Å². The van der Waals surface area contributed by atoms with Gasteiger partial charge in [-0.25, -0.2) is 4.79 Å². The first-order valence-electron chi connectivity index (χ1n) is 5.87. The summed E-state index contributed by atoms with van der Waals surface area (Å²) in [6, 6.07) is 1.30. The second kappa shape index (κ2) is 5.16. The van der Waals surface area contributed by atoms with Crippen LogP contribution in [0.15, 0.2) is 18.3 Å². The zero-order valence-corrected chi connectivity index (χ0v) is 10.0. The van der Waals surface area contributed by atoms with Gasteiger partial charge in [-0.15, -0.1) is 0 Å². The second-order valence-corrected chi connectivity index (χ2v) is 4.47. The predicted molar refractivity (Wildman–Crippen MR) is 60.7 cm³/mol. The molecule has 1 saturated heterocycles. The van der Waals surface area contributed by atoms with E-state index in [0.29, 0.717) is 13.0 Å². The van der Waals surface area contributed by atoms with Gasteiger partial charge in [0.25, 0.3) is 0 Å². The Balaban J connectivity index is 2.19. The predicted octanol–water partition coefficient (Wildman–Crippen LogP) is 2.31. The van der Waals surface area contributed by atoms with E-state index in [1.807, 2.05) is 0 Å². The lowest BCUT2D eigenvalue weighted by Gasteiger charge is -2.26. The van der Waals surface area contributed by atoms with Gasteiger partial charge in [-0.2, -0.15) is 13.2 Å². The highest BCUT2D eigenvalue weighted by Crippen LogP contribution is 2.33. The fourth-order valence-corrected chi connectivity index (χ4v) is 2.34. The van der Waals surface area contributed by atoms with E-state index in [2.05, 4.69) is 4.98 Å². The molecular weight excluding hydrogens is 261 g/mol. The van der Waals surface area contributed by atoms with Crippen LogP contribution in [-0.2, 0) is 6.54 Å². The highest BCUT2D eigenvalue weighted by Gasteiger charge is 2.45. The van der Waals surface area contributed by atoms with Crippen molar-refractivity contribution in [1.82, 2.24) is 9.88 Å². The Bertz CT molecular complexity index is 476. The molecule has 104 valence electrons. The van der Waals surface area contributed by atoms with Gasteiger partial charge in [-0.05, 0) is 31.5 Å². The van der Waals surface area contributed by atoms with E-state index < -0.39 is 18.2 Å². The Hall–Kier alpha value is -1.63. The molecule has 1 aliphatic heterocycles. The summed E-state index contributed by atoms with van der Waals surface area (Å²) in [5.74, 6) is -1.18. The van der Waals surface area contributed by atoms with E-state index in [4.69, 9.17) is 5.11 Å². The topological polar surface area (TPSA) is 53.4 Å². The fourth-order valence-electron chi connectivity index (χ4n) is 2.34. The van der Waals surface area contributed by atoms with Crippen molar-refractivity contribution in [3.8, 4) is 0 Å². The number of carboxylic acids is 1. The van der Waals surface area contributed by atoms with Crippen LogP contribution >= 0.6 is 0 Å². The number of rotatable bonds is 3. The number of aromatic carboxylic acids is 1. The van der Waals surface area contributed by atoms with Gasteiger partial charge in [0, 0.05) is 12.7 Å². The molecule has 2 heterocycles. The van der Waals surface area contributed by atoms with Crippen molar-refractivity contribution < 1.29 is 23.1 Å². The number of pyridine rings is 1. The van der Waals surface area contributed by atoms with Crippen molar-refractivity contribution in [2.75, 3.05) is 6.54 Å². The zero-order valence-electron chi connectivity index (χ0n) is 10.0. The first-order valence-corrected chi connectivity index (χ1v) is 5.87. The van der Waals surface area contributed by atoms with Crippen molar-refractivity contribution >= 4 is 5.97 Å². The molecule has 1 N–H and O–H groups in total. The fraction of sp³-hybridized carbons (Fsp3) is 0.500. The summed E-state index contributed by atoms with van der Waals surface area (Å²) >= 11 is 0.